The Morgan fingerprint density at radius 3 is 2.62 bits per heavy atom. The second-order valence-corrected chi connectivity index (χ2v) is 4.56. The van der Waals surface area contributed by atoms with Crippen molar-refractivity contribution in [3.8, 4) is 12.3 Å². The van der Waals surface area contributed by atoms with Gasteiger partial charge >= 0.3 is 0 Å². The van der Waals surface area contributed by atoms with E-state index in [-0.39, 0.29) is 0 Å². The number of hydrogen-bond donors (Lipinski definition) is 1. The lowest BCUT2D eigenvalue weighted by Crippen LogP contribution is -2.28. The minimum absolute atomic E-state index is 0.350. The summed E-state index contributed by atoms with van der Waals surface area (Å²) < 4.78 is 0. The van der Waals surface area contributed by atoms with Crippen molar-refractivity contribution >= 4 is 0 Å². The number of hydrogen-bond acceptors (Lipinski definition) is 1. The Morgan fingerprint density at radius 1 is 1.31 bits per heavy atom. The van der Waals surface area contributed by atoms with Gasteiger partial charge in [-0.2, -0.15) is 0 Å². The highest BCUT2D eigenvalue weighted by Crippen LogP contribution is 2.19. The molecule has 2 unspecified atom stereocenters. The van der Waals surface area contributed by atoms with Gasteiger partial charge in [-0.15, -0.1) is 12.3 Å². The maximum absolute atomic E-state index is 5.31. The van der Waals surface area contributed by atoms with Gasteiger partial charge in [-0.05, 0) is 38.8 Å². The molecule has 2 atom stereocenters. The van der Waals surface area contributed by atoms with Crippen LogP contribution >= 0.6 is 0 Å². The summed E-state index contributed by atoms with van der Waals surface area (Å²) in [5.74, 6) is 2.69. The summed E-state index contributed by atoms with van der Waals surface area (Å²) in [5.41, 5.74) is 4.00. The molecule has 0 amide bonds. The van der Waals surface area contributed by atoms with E-state index < -0.39 is 0 Å². The van der Waals surface area contributed by atoms with Crippen LogP contribution in [0.5, 0.6) is 0 Å². The lowest BCUT2D eigenvalue weighted by molar-refractivity contribution is 0.485. The van der Waals surface area contributed by atoms with Crippen molar-refractivity contribution in [2.24, 2.45) is 0 Å². The van der Waals surface area contributed by atoms with Gasteiger partial charge in [-0.1, -0.05) is 23.8 Å². The summed E-state index contributed by atoms with van der Waals surface area (Å²) in [5, 5.41) is 3.52. The Kier molecular flexibility index (Phi) is 4.58. The maximum atomic E-state index is 5.31. The zero-order chi connectivity index (χ0) is 12.1. The van der Waals surface area contributed by atoms with Crippen LogP contribution in [0.4, 0.5) is 0 Å². The third-order valence-electron chi connectivity index (χ3n) is 2.86. The van der Waals surface area contributed by atoms with Crippen LogP contribution in [-0.2, 0) is 0 Å². The highest BCUT2D eigenvalue weighted by atomic mass is 14.9. The third-order valence-corrected chi connectivity index (χ3v) is 2.86. The molecule has 1 rings (SSSR count). The van der Waals surface area contributed by atoms with E-state index in [1.165, 1.54) is 16.7 Å². The lowest BCUT2D eigenvalue weighted by atomic mass is 9.99. The summed E-state index contributed by atoms with van der Waals surface area (Å²) in [6, 6.07) is 7.28. The lowest BCUT2D eigenvalue weighted by Gasteiger charge is -2.21. The summed E-state index contributed by atoms with van der Waals surface area (Å²) in [6.45, 7) is 8.59. The van der Waals surface area contributed by atoms with Crippen LogP contribution in [0.2, 0.25) is 0 Å². The van der Waals surface area contributed by atoms with Crippen LogP contribution in [0, 0.1) is 26.2 Å². The Labute approximate surface area is 99.3 Å². The van der Waals surface area contributed by atoms with E-state index in [1.54, 1.807) is 0 Å². The van der Waals surface area contributed by atoms with Crippen LogP contribution in [-0.4, -0.2) is 6.04 Å². The highest BCUT2D eigenvalue weighted by Gasteiger charge is 2.10. The molecule has 1 aromatic rings. The van der Waals surface area contributed by atoms with Gasteiger partial charge in [0.2, 0.25) is 0 Å². The van der Waals surface area contributed by atoms with Gasteiger partial charge in [0.1, 0.15) is 0 Å². The minimum Gasteiger partial charge on any atom is -0.307 e. The van der Waals surface area contributed by atoms with Gasteiger partial charge in [0, 0.05) is 18.5 Å². The van der Waals surface area contributed by atoms with E-state index in [4.69, 9.17) is 6.42 Å². The highest BCUT2D eigenvalue weighted by molar-refractivity contribution is 5.32. The normalized spacial score (nSPS) is 14.2. The first-order valence-corrected chi connectivity index (χ1v) is 5.81. The molecular weight excluding hydrogens is 194 g/mol. The summed E-state index contributed by atoms with van der Waals surface area (Å²) >= 11 is 0. The monoisotopic (exact) mass is 215 g/mol. The molecule has 1 N–H and O–H groups in total. The predicted octanol–water partition coefficient (Wildman–Crippen LogP) is 3.37. The number of nitrogens with one attached hydrogen (secondary N) is 1. The van der Waals surface area contributed by atoms with Gasteiger partial charge < -0.3 is 5.32 Å². The smallest absolute Gasteiger partial charge is 0.0297 e. The standard InChI is InChI=1S/C15H21N/c1-6-7-13(4)16-14(5)15-10-11(2)8-9-12(15)3/h1,8-10,13-14,16H,7H2,2-5H3. The Balaban J connectivity index is 2.76. The fourth-order valence-corrected chi connectivity index (χ4v) is 1.98. The summed E-state index contributed by atoms with van der Waals surface area (Å²) in [7, 11) is 0. The van der Waals surface area contributed by atoms with Crippen molar-refractivity contribution in [1.29, 1.82) is 0 Å². The third kappa shape index (κ3) is 3.40. The average molecular weight is 215 g/mol. The summed E-state index contributed by atoms with van der Waals surface area (Å²) in [4.78, 5) is 0. The van der Waals surface area contributed by atoms with E-state index in [0.717, 1.165) is 6.42 Å². The molecule has 0 heterocycles. The quantitative estimate of drug-likeness (QED) is 0.759. The van der Waals surface area contributed by atoms with Crippen LogP contribution < -0.4 is 5.32 Å². The van der Waals surface area contributed by atoms with Gasteiger partial charge in [0.05, 0.1) is 0 Å². The van der Waals surface area contributed by atoms with Gasteiger partial charge in [0.25, 0.3) is 0 Å². The summed E-state index contributed by atoms with van der Waals surface area (Å²) in [6.07, 6.45) is 6.08. The number of aryl methyl sites for hydroxylation is 2. The second-order valence-electron chi connectivity index (χ2n) is 4.56. The van der Waals surface area contributed by atoms with Crippen LogP contribution in [0.25, 0.3) is 0 Å². The molecule has 0 saturated carbocycles. The molecule has 0 saturated heterocycles. The van der Waals surface area contributed by atoms with Crippen LogP contribution in [0.15, 0.2) is 18.2 Å². The molecule has 0 aliphatic carbocycles. The van der Waals surface area contributed by atoms with Crippen molar-refractivity contribution in [3.05, 3.63) is 34.9 Å². The van der Waals surface area contributed by atoms with Gasteiger partial charge in [0.15, 0.2) is 0 Å². The van der Waals surface area contributed by atoms with Crippen molar-refractivity contribution in [2.75, 3.05) is 0 Å². The molecule has 0 fully saturated rings. The number of benzene rings is 1. The first kappa shape index (κ1) is 12.8. The molecule has 0 aromatic heterocycles. The predicted molar refractivity (Wildman–Crippen MR) is 70.4 cm³/mol. The van der Waals surface area contributed by atoms with E-state index in [9.17, 15) is 0 Å². The molecule has 0 spiro atoms. The van der Waals surface area contributed by atoms with E-state index in [0.29, 0.717) is 12.1 Å². The molecule has 0 aliphatic heterocycles. The van der Waals surface area contributed by atoms with Crippen molar-refractivity contribution < 1.29 is 0 Å². The first-order chi connectivity index (χ1) is 7.54. The fraction of sp³-hybridized carbons (Fsp3) is 0.467. The van der Waals surface area contributed by atoms with Crippen molar-refractivity contribution in [3.63, 3.8) is 0 Å². The topological polar surface area (TPSA) is 12.0 Å². The molecule has 1 aromatic carbocycles. The van der Waals surface area contributed by atoms with E-state index in [2.05, 4.69) is 57.1 Å². The van der Waals surface area contributed by atoms with Crippen molar-refractivity contribution in [1.82, 2.24) is 5.32 Å². The van der Waals surface area contributed by atoms with E-state index >= 15 is 0 Å². The minimum atomic E-state index is 0.350. The fourth-order valence-electron chi connectivity index (χ4n) is 1.98. The molecule has 0 radical (unpaired) electrons. The van der Waals surface area contributed by atoms with Crippen LogP contribution in [0.1, 0.15) is 43.0 Å². The van der Waals surface area contributed by atoms with Crippen molar-refractivity contribution in [2.45, 2.75) is 46.2 Å². The molecule has 16 heavy (non-hydrogen) atoms. The van der Waals surface area contributed by atoms with Crippen LogP contribution in [0.3, 0.4) is 0 Å². The molecular formula is C15H21N. The van der Waals surface area contributed by atoms with E-state index in [1.807, 2.05) is 0 Å². The molecule has 0 bridgehead atoms. The van der Waals surface area contributed by atoms with Gasteiger partial charge in [-0.3, -0.25) is 0 Å². The molecule has 0 aliphatic rings. The first-order valence-electron chi connectivity index (χ1n) is 5.81. The largest absolute Gasteiger partial charge is 0.307 e. The number of rotatable bonds is 4. The zero-order valence-corrected chi connectivity index (χ0v) is 10.7. The zero-order valence-electron chi connectivity index (χ0n) is 10.7. The molecule has 86 valence electrons. The Morgan fingerprint density at radius 2 is 2.00 bits per heavy atom. The van der Waals surface area contributed by atoms with Gasteiger partial charge in [-0.25, -0.2) is 0 Å². The average Bonchev–Trinajstić information content (AvgIpc) is 2.21. The Bertz CT molecular complexity index is 387. The SMILES string of the molecule is C#CCC(C)NC(C)c1cc(C)ccc1C. The maximum Gasteiger partial charge on any atom is 0.0297 e. The number of terminal acetylenes is 1. The molecule has 1 nitrogen and oxygen atoms in total. The second kappa shape index (κ2) is 5.72. The Hall–Kier alpha value is -1.26. The molecule has 1 heteroatoms.